The molecule has 0 spiro atoms. The summed E-state index contributed by atoms with van der Waals surface area (Å²) >= 11 is 0. The highest BCUT2D eigenvalue weighted by Gasteiger charge is 2.42. The molecule has 0 N–H and O–H groups in total. The highest BCUT2D eigenvalue weighted by Crippen LogP contribution is 2.56. The van der Waals surface area contributed by atoms with Gasteiger partial charge in [-0.2, -0.15) is 0 Å². The van der Waals surface area contributed by atoms with Crippen LogP contribution in [0, 0.1) is 0 Å². The van der Waals surface area contributed by atoms with Gasteiger partial charge in [-0.15, -0.1) is 0 Å². The predicted molar refractivity (Wildman–Crippen MR) is 223 cm³/mol. The van der Waals surface area contributed by atoms with Gasteiger partial charge in [0, 0.05) is 44.1 Å². The second-order valence-corrected chi connectivity index (χ2v) is 17.0. The molecule has 0 bridgehead atoms. The molecule has 0 saturated carbocycles. The van der Waals surface area contributed by atoms with Crippen molar-refractivity contribution in [2.45, 2.75) is 57.8 Å². The van der Waals surface area contributed by atoms with Crippen LogP contribution in [0.4, 0.5) is 17.1 Å². The Morgan fingerprint density at radius 3 is 1.68 bits per heavy atom. The van der Waals surface area contributed by atoms with Gasteiger partial charge < -0.3 is 9.47 Å². The molecule has 2 heterocycles. The third kappa shape index (κ3) is 3.88. The predicted octanol–water partition coefficient (Wildman–Crippen LogP) is 13.5. The van der Waals surface area contributed by atoms with Crippen LogP contribution in [-0.4, -0.2) is 4.57 Å². The first-order valence-electron chi connectivity index (χ1n) is 19.0. The van der Waals surface area contributed by atoms with E-state index in [-0.39, 0.29) is 16.2 Å². The van der Waals surface area contributed by atoms with E-state index in [1.54, 1.807) is 0 Å². The van der Waals surface area contributed by atoms with Crippen molar-refractivity contribution in [3.05, 3.63) is 179 Å². The maximum atomic E-state index is 2.55. The van der Waals surface area contributed by atoms with Gasteiger partial charge in [-0.3, -0.25) is 0 Å². The summed E-state index contributed by atoms with van der Waals surface area (Å²) in [6.07, 6.45) is 0. The van der Waals surface area contributed by atoms with Crippen LogP contribution in [0.25, 0.3) is 49.7 Å². The van der Waals surface area contributed by atoms with E-state index in [0.29, 0.717) is 0 Å². The molecular weight excluding hydrogens is 641 g/mol. The summed E-state index contributed by atoms with van der Waals surface area (Å²) in [5.74, 6) is 0. The molecule has 2 nitrogen and oxygen atoms in total. The molecule has 11 rings (SSSR count). The van der Waals surface area contributed by atoms with Crippen molar-refractivity contribution >= 4 is 38.9 Å². The first-order valence-corrected chi connectivity index (χ1v) is 19.0. The number of hydrogen-bond acceptors (Lipinski definition) is 1. The molecular formula is C51H42N2. The van der Waals surface area contributed by atoms with Crippen molar-refractivity contribution < 1.29 is 0 Å². The van der Waals surface area contributed by atoms with Gasteiger partial charge in [-0.05, 0) is 110 Å². The molecule has 8 aromatic rings. The highest BCUT2D eigenvalue weighted by atomic mass is 15.1. The zero-order valence-electron chi connectivity index (χ0n) is 31.3. The minimum atomic E-state index is -0.192. The van der Waals surface area contributed by atoms with E-state index in [1.165, 1.54) is 94.5 Å². The van der Waals surface area contributed by atoms with Crippen LogP contribution in [0.5, 0.6) is 0 Å². The molecule has 1 aromatic heterocycles. The van der Waals surface area contributed by atoms with Crippen LogP contribution in [-0.2, 0) is 16.2 Å². The normalized spacial score (nSPS) is 16.2. The Bertz CT molecular complexity index is 2860. The number of para-hydroxylation sites is 3. The fourth-order valence-electron chi connectivity index (χ4n) is 10.4. The second kappa shape index (κ2) is 10.2. The number of fused-ring (bicyclic) bond motifs is 11. The fourth-order valence-corrected chi connectivity index (χ4v) is 10.4. The maximum Gasteiger partial charge on any atom is 0.0582 e. The lowest BCUT2D eigenvalue weighted by Crippen LogP contribution is -2.27. The van der Waals surface area contributed by atoms with Crippen molar-refractivity contribution in [3.63, 3.8) is 0 Å². The molecule has 0 unspecified atom stereocenters. The number of hydrogen-bond donors (Lipinski definition) is 0. The molecule has 53 heavy (non-hydrogen) atoms. The van der Waals surface area contributed by atoms with Crippen LogP contribution in [0.2, 0.25) is 0 Å². The van der Waals surface area contributed by atoms with Gasteiger partial charge in [0.15, 0.2) is 0 Å². The lowest BCUT2D eigenvalue weighted by atomic mass is 9.73. The fraction of sp³-hybridized carbons (Fsp3) is 0.176. The molecule has 0 amide bonds. The van der Waals surface area contributed by atoms with Gasteiger partial charge in [0.1, 0.15) is 0 Å². The maximum absolute atomic E-state index is 2.55. The molecule has 0 radical (unpaired) electrons. The Morgan fingerprint density at radius 2 is 0.925 bits per heavy atom. The van der Waals surface area contributed by atoms with Gasteiger partial charge >= 0.3 is 0 Å². The zero-order chi connectivity index (χ0) is 36.0. The topological polar surface area (TPSA) is 8.17 Å². The Hall–Kier alpha value is -5.86. The van der Waals surface area contributed by atoms with E-state index in [2.05, 4.69) is 197 Å². The van der Waals surface area contributed by atoms with E-state index in [9.17, 15) is 0 Å². The van der Waals surface area contributed by atoms with Gasteiger partial charge in [0.05, 0.1) is 16.7 Å². The minimum absolute atomic E-state index is 0.0744. The average Bonchev–Trinajstić information content (AvgIpc) is 3.71. The van der Waals surface area contributed by atoms with Gasteiger partial charge in [0.2, 0.25) is 0 Å². The first-order chi connectivity index (χ1) is 25.6. The average molecular weight is 683 g/mol. The van der Waals surface area contributed by atoms with Crippen LogP contribution in [0.15, 0.2) is 146 Å². The summed E-state index contributed by atoms with van der Waals surface area (Å²) in [4.78, 5) is 2.45. The van der Waals surface area contributed by atoms with Gasteiger partial charge in [0.25, 0.3) is 0 Å². The molecule has 0 atom stereocenters. The monoisotopic (exact) mass is 682 g/mol. The minimum Gasteiger partial charge on any atom is -0.310 e. The van der Waals surface area contributed by atoms with E-state index < -0.39 is 0 Å². The Kier molecular flexibility index (Phi) is 5.90. The first kappa shape index (κ1) is 30.7. The Labute approximate surface area is 312 Å². The number of anilines is 3. The lowest BCUT2D eigenvalue weighted by Gasteiger charge is -2.36. The summed E-state index contributed by atoms with van der Waals surface area (Å²) in [5.41, 5.74) is 20.8. The van der Waals surface area contributed by atoms with Crippen molar-refractivity contribution in [2.75, 3.05) is 4.90 Å². The highest BCUT2D eigenvalue weighted by molar-refractivity contribution is 6.11. The number of rotatable bonds is 3. The molecule has 7 aromatic carbocycles. The SMILES string of the molecule is CC1(C)c2ccccc2-c2ccc(N(c3ccccc3)c3ccc4c(c3)C(C)(C)c3cc5c(cc3-4)C(C)(C)c3cccc4c6ccccc6n-5c34)cc21. The number of benzene rings is 7. The largest absolute Gasteiger partial charge is 0.310 e. The quantitative estimate of drug-likeness (QED) is 0.180. The van der Waals surface area contributed by atoms with Crippen LogP contribution >= 0.6 is 0 Å². The summed E-state index contributed by atoms with van der Waals surface area (Å²) in [6.45, 7) is 14.4. The molecule has 3 aliphatic rings. The van der Waals surface area contributed by atoms with E-state index >= 15 is 0 Å². The van der Waals surface area contributed by atoms with Crippen molar-refractivity contribution in [1.29, 1.82) is 0 Å². The lowest BCUT2D eigenvalue weighted by molar-refractivity contribution is 0.625. The molecule has 0 fully saturated rings. The Morgan fingerprint density at radius 1 is 0.377 bits per heavy atom. The van der Waals surface area contributed by atoms with E-state index in [4.69, 9.17) is 0 Å². The Balaban J connectivity index is 1.09. The van der Waals surface area contributed by atoms with Crippen LogP contribution in [0.3, 0.4) is 0 Å². The molecule has 256 valence electrons. The third-order valence-corrected chi connectivity index (χ3v) is 13.2. The molecule has 2 aliphatic carbocycles. The van der Waals surface area contributed by atoms with Gasteiger partial charge in [-0.1, -0.05) is 133 Å². The third-order valence-electron chi connectivity index (χ3n) is 13.2. The number of nitrogens with zero attached hydrogens (tertiary/aromatic N) is 2. The van der Waals surface area contributed by atoms with E-state index in [1.807, 2.05) is 0 Å². The number of aromatic nitrogens is 1. The molecule has 1 aliphatic heterocycles. The standard InChI is InChI=1S/C51H42N2/c1-49(2)40-20-12-10-17-34(40)35-25-23-32(27-42(35)49)52(31-15-8-7-9-16-31)33-24-26-36-39-29-45-47(30-44(39)51(5,6)43(36)28-33)53-46-22-13-11-18-37(46)38-19-14-21-41(48(38)53)50(45,3)4/h7-30H,1-6H3. The second-order valence-electron chi connectivity index (χ2n) is 17.0. The van der Waals surface area contributed by atoms with Crippen molar-refractivity contribution in [2.24, 2.45) is 0 Å². The van der Waals surface area contributed by atoms with Crippen LogP contribution in [0.1, 0.15) is 74.9 Å². The molecule has 0 saturated heterocycles. The van der Waals surface area contributed by atoms with Crippen LogP contribution < -0.4 is 4.90 Å². The van der Waals surface area contributed by atoms with E-state index in [0.717, 1.165) is 5.69 Å². The van der Waals surface area contributed by atoms with Gasteiger partial charge in [-0.25, -0.2) is 0 Å². The summed E-state index contributed by atoms with van der Waals surface area (Å²) in [7, 11) is 0. The van der Waals surface area contributed by atoms with Crippen molar-refractivity contribution in [3.8, 4) is 27.9 Å². The molecule has 2 heteroatoms. The van der Waals surface area contributed by atoms with Crippen molar-refractivity contribution in [1.82, 2.24) is 4.57 Å². The summed E-state index contributed by atoms with van der Waals surface area (Å²) < 4.78 is 2.55. The smallest absolute Gasteiger partial charge is 0.0582 e. The summed E-state index contributed by atoms with van der Waals surface area (Å²) in [5, 5.41) is 2.66. The zero-order valence-corrected chi connectivity index (χ0v) is 31.3. The summed E-state index contributed by atoms with van der Waals surface area (Å²) in [6, 6.07) is 54.9.